The summed E-state index contributed by atoms with van der Waals surface area (Å²) in [5.41, 5.74) is 0. The van der Waals surface area contributed by atoms with E-state index in [1.807, 2.05) is 20.8 Å². The molecule has 0 saturated heterocycles. The van der Waals surface area contributed by atoms with Gasteiger partial charge in [-0.25, -0.2) is 0 Å². The minimum atomic E-state index is -1.41. The highest BCUT2D eigenvalue weighted by atomic mass is 28.4. The van der Waals surface area contributed by atoms with E-state index in [9.17, 15) is 5.11 Å². The molecule has 0 aliphatic heterocycles. The highest BCUT2D eigenvalue weighted by Gasteiger charge is 2.28. The molecule has 0 fully saturated rings. The van der Waals surface area contributed by atoms with Crippen LogP contribution in [0.5, 0.6) is 0 Å². The standard InChI is InChI=1S/C8H22O2Si2/c1-7(2)8(3,9)11-10-12(4,5)6/h7,9H,11H2,1-6H3. The van der Waals surface area contributed by atoms with Gasteiger partial charge in [-0.15, -0.1) is 0 Å². The fourth-order valence-corrected chi connectivity index (χ4v) is 3.76. The molecule has 4 heteroatoms. The quantitative estimate of drug-likeness (QED) is 0.702. The van der Waals surface area contributed by atoms with Crippen molar-refractivity contribution < 1.29 is 9.22 Å². The third kappa shape index (κ3) is 5.08. The molecule has 12 heavy (non-hydrogen) atoms. The molecule has 74 valence electrons. The van der Waals surface area contributed by atoms with Crippen LogP contribution in [0.2, 0.25) is 19.6 Å². The molecule has 0 aliphatic rings. The van der Waals surface area contributed by atoms with Crippen LogP contribution in [0.1, 0.15) is 20.8 Å². The minimum Gasteiger partial charge on any atom is -0.458 e. The van der Waals surface area contributed by atoms with Crippen molar-refractivity contribution in [2.45, 2.75) is 45.6 Å². The number of hydrogen-bond acceptors (Lipinski definition) is 2. The normalized spacial score (nSPS) is 19.0. The van der Waals surface area contributed by atoms with Gasteiger partial charge in [-0.3, -0.25) is 0 Å². The van der Waals surface area contributed by atoms with Gasteiger partial charge in [0.2, 0.25) is 0 Å². The first-order chi connectivity index (χ1) is 5.15. The topological polar surface area (TPSA) is 29.5 Å². The van der Waals surface area contributed by atoms with Crippen molar-refractivity contribution in [3.8, 4) is 0 Å². The summed E-state index contributed by atoms with van der Waals surface area (Å²) in [5, 5.41) is 9.37. The molecule has 1 N–H and O–H groups in total. The first kappa shape index (κ1) is 12.4. The minimum absolute atomic E-state index is 0.306. The largest absolute Gasteiger partial charge is 0.458 e. The molecule has 1 unspecified atom stereocenters. The first-order valence-corrected chi connectivity index (χ1v) is 9.21. The Bertz CT molecular complexity index is 138. The highest BCUT2D eigenvalue weighted by Crippen LogP contribution is 2.16. The zero-order chi connectivity index (χ0) is 9.99. The van der Waals surface area contributed by atoms with Crippen molar-refractivity contribution in [3.05, 3.63) is 0 Å². The molecule has 0 spiro atoms. The Morgan fingerprint density at radius 3 is 2.00 bits per heavy atom. The fraction of sp³-hybridized carbons (Fsp3) is 1.00. The second-order valence-electron chi connectivity index (χ2n) is 4.91. The predicted octanol–water partition coefficient (Wildman–Crippen LogP) is 1.29. The van der Waals surface area contributed by atoms with Crippen LogP contribution in [0.4, 0.5) is 0 Å². The maximum atomic E-state index is 9.91. The van der Waals surface area contributed by atoms with E-state index in [2.05, 4.69) is 19.6 Å². The lowest BCUT2D eigenvalue weighted by molar-refractivity contribution is 0.0840. The van der Waals surface area contributed by atoms with E-state index in [-0.39, 0.29) is 0 Å². The molecule has 0 radical (unpaired) electrons. The second kappa shape index (κ2) is 4.04. The Morgan fingerprint density at radius 2 is 1.75 bits per heavy atom. The summed E-state index contributed by atoms with van der Waals surface area (Å²) in [4.78, 5) is 0. The van der Waals surface area contributed by atoms with Crippen molar-refractivity contribution >= 4 is 18.1 Å². The van der Waals surface area contributed by atoms with Crippen LogP contribution in [0, 0.1) is 5.92 Å². The van der Waals surface area contributed by atoms with Crippen LogP contribution in [-0.2, 0) is 4.12 Å². The molecule has 0 rings (SSSR count). The Kier molecular flexibility index (Phi) is 4.16. The molecule has 0 aromatic rings. The second-order valence-corrected chi connectivity index (χ2v) is 12.0. The van der Waals surface area contributed by atoms with Gasteiger partial charge in [-0.2, -0.15) is 0 Å². The van der Waals surface area contributed by atoms with Gasteiger partial charge in [-0.1, -0.05) is 13.8 Å². The van der Waals surface area contributed by atoms with E-state index in [4.69, 9.17) is 4.12 Å². The zero-order valence-electron chi connectivity index (χ0n) is 9.14. The van der Waals surface area contributed by atoms with Crippen LogP contribution < -0.4 is 0 Å². The SMILES string of the molecule is CC(C)C(C)(O)[SiH2]O[Si](C)(C)C. The molecule has 0 heterocycles. The summed E-state index contributed by atoms with van der Waals surface area (Å²) in [7, 11) is -2.21. The Hall–Kier alpha value is 0.354. The average molecular weight is 206 g/mol. The molecule has 2 nitrogen and oxygen atoms in total. The van der Waals surface area contributed by atoms with Gasteiger partial charge in [0.25, 0.3) is 0 Å². The molecule has 0 saturated carbocycles. The molecule has 0 amide bonds. The van der Waals surface area contributed by atoms with Gasteiger partial charge in [-0.05, 0) is 32.5 Å². The van der Waals surface area contributed by atoms with E-state index in [1.165, 1.54) is 0 Å². The molecule has 1 atom stereocenters. The van der Waals surface area contributed by atoms with Crippen LogP contribution in [0.25, 0.3) is 0 Å². The molecular weight excluding hydrogens is 184 g/mol. The van der Waals surface area contributed by atoms with E-state index in [0.29, 0.717) is 5.92 Å². The average Bonchev–Trinajstić information content (AvgIpc) is 1.82. The maximum absolute atomic E-state index is 9.91. The van der Waals surface area contributed by atoms with Crippen molar-refractivity contribution in [2.24, 2.45) is 5.92 Å². The van der Waals surface area contributed by atoms with Gasteiger partial charge >= 0.3 is 0 Å². The summed E-state index contributed by atoms with van der Waals surface area (Å²) in [6.07, 6.45) is 0. The summed E-state index contributed by atoms with van der Waals surface area (Å²) in [6, 6.07) is 0. The summed E-state index contributed by atoms with van der Waals surface area (Å²) in [6.45, 7) is 12.5. The van der Waals surface area contributed by atoms with Crippen molar-refractivity contribution in [1.82, 2.24) is 0 Å². The fourth-order valence-electron chi connectivity index (χ4n) is 0.529. The van der Waals surface area contributed by atoms with E-state index < -0.39 is 23.3 Å². The van der Waals surface area contributed by atoms with Crippen molar-refractivity contribution in [1.29, 1.82) is 0 Å². The number of rotatable bonds is 4. The monoisotopic (exact) mass is 206 g/mol. The van der Waals surface area contributed by atoms with E-state index >= 15 is 0 Å². The van der Waals surface area contributed by atoms with Crippen LogP contribution in [0.3, 0.4) is 0 Å². The number of hydrogen-bond donors (Lipinski definition) is 1. The molecular formula is C8H22O2Si2. The van der Waals surface area contributed by atoms with Gasteiger partial charge in [0.1, 0.15) is 0 Å². The van der Waals surface area contributed by atoms with Crippen LogP contribution in [0.15, 0.2) is 0 Å². The zero-order valence-corrected chi connectivity index (χ0v) is 11.6. The van der Waals surface area contributed by atoms with Crippen LogP contribution in [-0.4, -0.2) is 28.4 Å². The third-order valence-electron chi connectivity index (χ3n) is 2.04. The van der Waals surface area contributed by atoms with Crippen molar-refractivity contribution in [2.75, 3.05) is 0 Å². The maximum Gasteiger partial charge on any atom is 0.179 e. The van der Waals surface area contributed by atoms with E-state index in [0.717, 1.165) is 0 Å². The lowest BCUT2D eigenvalue weighted by Crippen LogP contribution is -2.44. The number of aliphatic hydroxyl groups is 1. The lowest BCUT2D eigenvalue weighted by Gasteiger charge is -2.30. The third-order valence-corrected chi connectivity index (χ3v) is 7.48. The molecule has 0 aromatic carbocycles. The predicted molar refractivity (Wildman–Crippen MR) is 58.4 cm³/mol. The smallest absolute Gasteiger partial charge is 0.179 e. The van der Waals surface area contributed by atoms with E-state index in [1.54, 1.807) is 0 Å². The van der Waals surface area contributed by atoms with Gasteiger partial charge in [0.05, 0.1) is 5.22 Å². The molecule has 0 aromatic heterocycles. The summed E-state index contributed by atoms with van der Waals surface area (Å²) < 4.78 is 5.78. The van der Waals surface area contributed by atoms with Crippen molar-refractivity contribution in [3.63, 3.8) is 0 Å². The van der Waals surface area contributed by atoms with Gasteiger partial charge in [0, 0.05) is 0 Å². The van der Waals surface area contributed by atoms with Gasteiger partial charge < -0.3 is 9.22 Å². The Balaban J connectivity index is 3.93. The summed E-state index contributed by atoms with van der Waals surface area (Å²) >= 11 is 0. The Morgan fingerprint density at radius 1 is 1.33 bits per heavy atom. The van der Waals surface area contributed by atoms with Crippen LogP contribution >= 0.6 is 0 Å². The molecule has 0 aliphatic carbocycles. The first-order valence-electron chi connectivity index (χ1n) is 4.51. The summed E-state index contributed by atoms with van der Waals surface area (Å²) in [5.74, 6) is 0.306. The lowest BCUT2D eigenvalue weighted by atomic mass is 10.1. The molecule has 0 bridgehead atoms. The Labute approximate surface area is 79.4 Å². The highest BCUT2D eigenvalue weighted by molar-refractivity contribution is 6.74. The van der Waals surface area contributed by atoms with Gasteiger partial charge in [0.15, 0.2) is 18.1 Å².